The smallest absolute Gasteiger partial charge is 0.261 e. The molecule has 0 bridgehead atoms. The van der Waals surface area contributed by atoms with E-state index in [1.807, 2.05) is 0 Å². The summed E-state index contributed by atoms with van der Waals surface area (Å²) in [5.74, 6) is 0. The van der Waals surface area contributed by atoms with Crippen molar-refractivity contribution in [2.75, 3.05) is 80.5 Å². The predicted molar refractivity (Wildman–Crippen MR) is 251 cm³/mol. The Morgan fingerprint density at radius 2 is 0.627 bits per heavy atom. The summed E-state index contributed by atoms with van der Waals surface area (Å²) in [6.07, 6.45) is 18.5. The van der Waals surface area contributed by atoms with Crippen molar-refractivity contribution >= 4 is 85.7 Å². The van der Waals surface area contributed by atoms with Crippen LogP contribution in [0.4, 0.5) is 0 Å². The number of hydrogen-bond acceptors (Lipinski definition) is 4. The minimum atomic E-state index is -0.377. The summed E-state index contributed by atoms with van der Waals surface area (Å²) in [6, 6.07) is 0. The standard InChI is InChI=1S/C8H18N.C7H16N.2C5H12N.4C4H9.4Al.2ClH/c1-4-7-8-9(5-2)6-3;1-4-7-8(5-2)6-3;2*1-4-5-6(2)3;4*1-3-4-2;;;;;;/h1,4-8H2,2-3H3;1,4-7H2,2-3H3;2*1,4-5H2,2-3H3;4*1,3-4H2,2H3;;;;;2*1H. The molecule has 0 fully saturated rings. The van der Waals surface area contributed by atoms with Gasteiger partial charge in [0.25, 0.3) is 28.3 Å². The maximum Gasteiger partial charge on any atom is 0.261 e. The molecular weight excluding hydrogens is 727 g/mol. The quantitative estimate of drug-likeness (QED) is 0.0510. The van der Waals surface area contributed by atoms with Crippen LogP contribution in [0.3, 0.4) is 0 Å². The van der Waals surface area contributed by atoms with E-state index in [-0.39, 0.29) is 53.1 Å². The van der Waals surface area contributed by atoms with E-state index in [0.717, 1.165) is 0 Å². The molecule has 10 heteroatoms. The lowest BCUT2D eigenvalue weighted by Crippen LogP contribution is -2.25. The first-order valence-electron chi connectivity index (χ1n) is 21.7. The van der Waals surface area contributed by atoms with Gasteiger partial charge in [-0.15, -0.1) is 35.4 Å². The Morgan fingerprint density at radius 1 is 0.353 bits per heavy atom. The summed E-state index contributed by atoms with van der Waals surface area (Å²) < 4.78 is 0. The summed E-state index contributed by atoms with van der Waals surface area (Å²) >= 11 is 4.69. The van der Waals surface area contributed by atoms with Gasteiger partial charge in [0.15, 0.2) is 0 Å². The predicted octanol–water partition coefficient (Wildman–Crippen LogP) is 11.9. The normalized spacial score (nSPS) is 10.4. The molecule has 0 aliphatic heterocycles. The van der Waals surface area contributed by atoms with Crippen LogP contribution in [0.25, 0.3) is 0 Å². The van der Waals surface area contributed by atoms with Crippen LogP contribution in [-0.2, 0) is 0 Å². The molecule has 0 saturated heterocycles. The lowest BCUT2D eigenvalue weighted by atomic mass is 10.3. The monoisotopic (exact) mass is 823 g/mol. The average Bonchev–Trinajstić information content (AvgIpc) is 3.10. The third-order valence-electron chi connectivity index (χ3n) is 9.69. The van der Waals surface area contributed by atoms with Gasteiger partial charge in [-0.25, -0.2) is 0 Å². The van der Waals surface area contributed by atoms with Crippen molar-refractivity contribution in [3.63, 3.8) is 0 Å². The zero-order valence-electron chi connectivity index (χ0n) is 37.4. The molecule has 4 radical (unpaired) electrons. The van der Waals surface area contributed by atoms with Gasteiger partial charge in [-0.05, 0) is 87.0 Å². The minimum Gasteiger partial charge on any atom is -0.309 e. The highest BCUT2D eigenvalue weighted by Crippen LogP contribution is 2.17. The van der Waals surface area contributed by atoms with Gasteiger partial charge in [0.2, 0.25) is 0 Å². The van der Waals surface area contributed by atoms with Gasteiger partial charge in [-0.1, -0.05) is 164 Å². The summed E-state index contributed by atoms with van der Waals surface area (Å²) in [5.41, 5.74) is 0. The van der Waals surface area contributed by atoms with Crippen molar-refractivity contribution in [2.45, 2.75) is 181 Å². The molecule has 0 aromatic heterocycles. The summed E-state index contributed by atoms with van der Waals surface area (Å²) in [5, 5.41) is 12.1. The third-order valence-corrected chi connectivity index (χ3v) is 17.9. The van der Waals surface area contributed by atoms with Crippen LogP contribution in [0.15, 0.2) is 0 Å². The third kappa shape index (κ3) is 59.4. The number of hydrogen-bond donors (Lipinski definition) is 0. The van der Waals surface area contributed by atoms with Gasteiger partial charge in [-0.2, -0.15) is 0 Å². The molecule has 0 spiro atoms. The van der Waals surface area contributed by atoms with Crippen LogP contribution in [0.5, 0.6) is 0 Å². The summed E-state index contributed by atoms with van der Waals surface area (Å²) in [6.45, 7) is 28.5. The van der Waals surface area contributed by atoms with Crippen molar-refractivity contribution in [2.24, 2.45) is 0 Å². The Kier molecular flexibility index (Phi) is 72.9. The van der Waals surface area contributed by atoms with Crippen molar-refractivity contribution in [1.29, 1.82) is 0 Å². The molecular formula is C41H96Al4Cl2N4. The van der Waals surface area contributed by atoms with Crippen LogP contribution in [-0.4, -0.2) is 161 Å². The average molecular weight is 824 g/mol. The van der Waals surface area contributed by atoms with E-state index in [1.165, 1.54) is 146 Å². The highest BCUT2D eigenvalue weighted by molar-refractivity contribution is 6.59. The molecule has 0 rings (SSSR count). The number of rotatable bonds is 31. The van der Waals surface area contributed by atoms with E-state index in [9.17, 15) is 0 Å². The van der Waals surface area contributed by atoms with Crippen LogP contribution < -0.4 is 0 Å². The fourth-order valence-corrected chi connectivity index (χ4v) is 13.8. The van der Waals surface area contributed by atoms with E-state index >= 15 is 0 Å². The summed E-state index contributed by atoms with van der Waals surface area (Å²) in [7, 11) is 8.39. The molecule has 0 heterocycles. The van der Waals surface area contributed by atoms with E-state index in [0.29, 0.717) is 0 Å². The molecule has 0 aliphatic rings. The van der Waals surface area contributed by atoms with Crippen LogP contribution in [0.1, 0.15) is 139 Å². The molecule has 51 heavy (non-hydrogen) atoms. The SMILES string of the molecule is CCC[CH2][Al]([CH2]CCC)[CH2]CCCN(CC)CC.CCC[CH2][Al]([CH2]CCC)[CH2]CCN(CC)CC.CN(C)CC[CH2][Al].CN(C)CC[CH2][Al].Cl.Cl. The van der Waals surface area contributed by atoms with Crippen molar-refractivity contribution in [3.05, 3.63) is 0 Å². The molecule has 4 nitrogen and oxygen atoms in total. The Bertz CT molecular complexity index is 534. The van der Waals surface area contributed by atoms with Gasteiger partial charge in [0, 0.05) is 0 Å². The maximum absolute atomic E-state index is 2.72. The van der Waals surface area contributed by atoms with Gasteiger partial charge in [0.1, 0.15) is 32.6 Å². The zero-order valence-corrected chi connectivity index (χ0v) is 43.7. The van der Waals surface area contributed by atoms with Gasteiger partial charge in [0.05, 0.1) is 0 Å². The lowest BCUT2D eigenvalue weighted by Gasteiger charge is -2.19. The molecule has 0 amide bonds. The van der Waals surface area contributed by atoms with Crippen LogP contribution in [0.2, 0.25) is 42.3 Å². The van der Waals surface area contributed by atoms with Crippen LogP contribution in [0, 0.1) is 0 Å². The van der Waals surface area contributed by atoms with Crippen LogP contribution >= 0.6 is 24.8 Å². The highest BCUT2D eigenvalue weighted by Gasteiger charge is 2.16. The van der Waals surface area contributed by atoms with Gasteiger partial charge >= 0.3 is 0 Å². The minimum absolute atomic E-state index is 0. The summed E-state index contributed by atoms with van der Waals surface area (Å²) in [4.78, 5) is 9.54. The Morgan fingerprint density at radius 3 is 0.863 bits per heavy atom. The molecule has 0 N–H and O–H groups in total. The maximum atomic E-state index is 2.72. The topological polar surface area (TPSA) is 13.0 Å². The second-order valence-corrected chi connectivity index (χ2v) is 23.0. The number of halogens is 2. The second kappa shape index (κ2) is 56.9. The van der Waals surface area contributed by atoms with E-state index < -0.39 is 0 Å². The van der Waals surface area contributed by atoms with E-state index in [2.05, 4.69) is 136 Å². The first-order valence-corrected chi connectivity index (χ1v) is 28.3. The number of nitrogens with zero attached hydrogens (tertiary/aromatic N) is 4. The fourth-order valence-electron chi connectivity index (χ4n) is 6.10. The van der Waals surface area contributed by atoms with Gasteiger partial charge < -0.3 is 19.6 Å². The second-order valence-electron chi connectivity index (χ2n) is 14.9. The number of unbranched alkanes of at least 4 members (excludes halogenated alkanes) is 5. The molecule has 0 atom stereocenters. The Hall–Kier alpha value is 2.55. The molecule has 0 aliphatic carbocycles. The molecule has 0 aromatic carbocycles. The first-order chi connectivity index (χ1) is 23.6. The van der Waals surface area contributed by atoms with Crippen molar-refractivity contribution < 1.29 is 0 Å². The Balaban J connectivity index is -0.000000142. The fraction of sp³-hybridized carbons (Fsp3) is 1.00. The van der Waals surface area contributed by atoms with Crippen molar-refractivity contribution in [3.8, 4) is 0 Å². The highest BCUT2D eigenvalue weighted by atomic mass is 35.5. The zero-order chi connectivity index (χ0) is 38.0. The van der Waals surface area contributed by atoms with Gasteiger partial charge in [-0.3, -0.25) is 0 Å². The van der Waals surface area contributed by atoms with E-state index in [4.69, 9.17) is 0 Å². The molecule has 0 aromatic rings. The Labute approximate surface area is 364 Å². The molecule has 0 saturated carbocycles. The molecule has 306 valence electrons. The first kappa shape index (κ1) is 65.4. The van der Waals surface area contributed by atoms with E-state index in [1.54, 1.807) is 31.7 Å². The lowest BCUT2D eigenvalue weighted by molar-refractivity contribution is 0.298. The largest absolute Gasteiger partial charge is 0.309 e. The van der Waals surface area contributed by atoms with Crippen molar-refractivity contribution in [1.82, 2.24) is 19.6 Å². The molecule has 0 unspecified atom stereocenters.